The van der Waals surface area contributed by atoms with E-state index in [-0.39, 0.29) is 49.7 Å². The van der Waals surface area contributed by atoms with Gasteiger partial charge < -0.3 is 28.9 Å². The van der Waals surface area contributed by atoms with Crippen LogP contribution in [0.2, 0.25) is 0 Å². The van der Waals surface area contributed by atoms with Crippen molar-refractivity contribution in [2.75, 3.05) is 72.0 Å². The molecular weight excluding hydrogens is 826 g/mol. The Balaban J connectivity index is 0.000000235. The van der Waals surface area contributed by atoms with E-state index in [1.54, 1.807) is 0 Å². The van der Waals surface area contributed by atoms with Gasteiger partial charge in [0.25, 0.3) is 0 Å². The molecule has 3 fully saturated rings. The summed E-state index contributed by atoms with van der Waals surface area (Å²) < 4.78 is 13.4. The van der Waals surface area contributed by atoms with Crippen molar-refractivity contribution in [1.29, 1.82) is 10.5 Å². The van der Waals surface area contributed by atoms with E-state index >= 15 is 0 Å². The number of rotatable bonds is 5. The van der Waals surface area contributed by atoms with Crippen LogP contribution in [0.4, 0.5) is 22.7 Å². The smallest absolute Gasteiger partial charge is 0.399 e. The molecule has 0 saturated carbocycles. The van der Waals surface area contributed by atoms with E-state index in [2.05, 4.69) is 124 Å². The fourth-order valence-electron chi connectivity index (χ4n) is 6.41. The summed E-state index contributed by atoms with van der Waals surface area (Å²) in [6.07, 6.45) is 0. The van der Waals surface area contributed by atoms with E-state index in [1.807, 2.05) is 48.5 Å². The van der Waals surface area contributed by atoms with Crippen LogP contribution in [0.15, 0.2) is 102 Å². The highest BCUT2D eigenvalue weighted by atomic mass is 127. The van der Waals surface area contributed by atoms with E-state index in [9.17, 15) is 0 Å². The van der Waals surface area contributed by atoms with Crippen LogP contribution in [0.3, 0.4) is 0 Å². The Morgan fingerprint density at radius 2 is 0.788 bits per heavy atom. The Kier molecular flexibility index (Phi) is 14.1. The van der Waals surface area contributed by atoms with Crippen molar-refractivity contribution < 1.29 is 9.31 Å². The molecule has 272 valence electrons. The van der Waals surface area contributed by atoms with Crippen LogP contribution in [0, 0.1) is 22.7 Å². The molecule has 0 atom stereocenters. The largest absolute Gasteiger partial charge is 0.494 e. The molecule has 3 heterocycles. The maximum atomic E-state index is 8.95. The van der Waals surface area contributed by atoms with Gasteiger partial charge in [0.1, 0.15) is 0 Å². The first kappa shape index (κ1) is 41.0. The molecule has 3 aliphatic rings. The molecule has 0 aliphatic carbocycles. The molecule has 52 heavy (non-hydrogen) atoms. The zero-order valence-electron chi connectivity index (χ0n) is 29.8. The van der Waals surface area contributed by atoms with Crippen LogP contribution >= 0.6 is 39.9 Å². The summed E-state index contributed by atoms with van der Waals surface area (Å²) >= 11 is 3.47. The lowest BCUT2D eigenvalue weighted by molar-refractivity contribution is 0.00578. The Morgan fingerprint density at radius 1 is 0.519 bits per heavy atom. The first-order chi connectivity index (χ1) is 24.0. The average molecular weight is 876 g/mol. The Labute approximate surface area is 336 Å². The summed E-state index contributed by atoms with van der Waals surface area (Å²) in [5.74, 6) is 0. The molecule has 0 spiro atoms. The number of benzene rings is 4. The number of nitrogens with zero attached hydrogens (tertiary/aromatic N) is 6. The van der Waals surface area contributed by atoms with Gasteiger partial charge in [0.15, 0.2) is 0 Å². The van der Waals surface area contributed by atoms with E-state index in [4.69, 9.17) is 19.8 Å². The van der Waals surface area contributed by atoms with Gasteiger partial charge in [0.05, 0.1) is 34.5 Å². The maximum absolute atomic E-state index is 8.95. The third-order valence-electron chi connectivity index (χ3n) is 10.3. The molecule has 3 saturated heterocycles. The van der Waals surface area contributed by atoms with Crippen molar-refractivity contribution >= 4 is 75.2 Å². The van der Waals surface area contributed by atoms with Gasteiger partial charge in [-0.15, -0.1) is 24.0 Å². The van der Waals surface area contributed by atoms with Crippen LogP contribution in [0.1, 0.15) is 46.2 Å². The topological polar surface area (TPSA) is 79.0 Å². The lowest BCUT2D eigenvalue weighted by Crippen LogP contribution is -2.46. The zero-order chi connectivity index (χ0) is 35.3. The molecule has 0 unspecified atom stereocenters. The summed E-state index contributed by atoms with van der Waals surface area (Å²) in [7, 11) is -0.317. The molecule has 7 rings (SSSR count). The predicted molar refractivity (Wildman–Crippen MR) is 230 cm³/mol. The highest BCUT2D eigenvalue weighted by Crippen LogP contribution is 2.36. The maximum Gasteiger partial charge on any atom is 0.494 e. The minimum atomic E-state index is -0.321. The molecule has 11 heteroatoms. The SMILES string of the molecule is C.CC1(C)OB(c2ccc(N3CCN(c4ccc(C#N)cc4)CC3)cc2)OC1(C)C.I.N#Cc1ccc(N2CCN(c3ccc(Br)cc3)CC2)cc1. The highest BCUT2D eigenvalue weighted by molar-refractivity contribution is 14.0. The van der Waals surface area contributed by atoms with Gasteiger partial charge in [-0.3, -0.25) is 0 Å². The van der Waals surface area contributed by atoms with Crippen molar-refractivity contribution in [1.82, 2.24) is 0 Å². The molecule has 0 aromatic heterocycles. The fraction of sp³-hybridized carbons (Fsp3) is 0.366. The van der Waals surface area contributed by atoms with Gasteiger partial charge in [-0.2, -0.15) is 10.5 Å². The summed E-state index contributed by atoms with van der Waals surface area (Å²) in [5.41, 5.74) is 6.72. The van der Waals surface area contributed by atoms with E-state index in [0.29, 0.717) is 11.1 Å². The van der Waals surface area contributed by atoms with Crippen LogP contribution in [0.5, 0.6) is 0 Å². The number of nitriles is 2. The monoisotopic (exact) mass is 874 g/mol. The molecule has 0 bridgehead atoms. The molecule has 0 radical (unpaired) electrons. The fourth-order valence-corrected chi connectivity index (χ4v) is 6.68. The quantitative estimate of drug-likeness (QED) is 0.147. The van der Waals surface area contributed by atoms with Crippen LogP contribution in [-0.2, 0) is 9.31 Å². The standard InChI is InChI=1S/C23H28BN3O2.C17H16BrN3.CH4.HI/c1-22(2)23(3,4)29-24(28-22)19-7-11-21(12-8-19)27-15-13-26(14-16-27)20-9-5-18(17-25)6-10-20;18-15-3-7-17(8-4-15)21-11-9-20(10-12-21)16-5-1-14(13-19)2-6-16;;/h5-12H,13-16H2,1-4H3;1-8H,9-12H2;1H4;1H. The number of piperazine rings is 2. The second-order valence-corrected chi connectivity index (χ2v) is 14.8. The Bertz CT molecular complexity index is 1790. The van der Waals surface area contributed by atoms with Gasteiger partial charge in [0, 0.05) is 79.6 Å². The first-order valence-corrected chi connectivity index (χ1v) is 18.1. The van der Waals surface area contributed by atoms with Gasteiger partial charge in [-0.25, -0.2) is 0 Å². The average Bonchev–Trinajstić information content (AvgIpc) is 3.38. The second kappa shape index (κ2) is 17.9. The van der Waals surface area contributed by atoms with Gasteiger partial charge in [0.2, 0.25) is 0 Å². The molecule has 0 N–H and O–H groups in total. The molecule has 4 aromatic carbocycles. The molecule has 0 amide bonds. The van der Waals surface area contributed by atoms with Gasteiger partial charge in [-0.1, -0.05) is 35.5 Å². The van der Waals surface area contributed by atoms with Crippen molar-refractivity contribution in [2.45, 2.75) is 46.3 Å². The minimum Gasteiger partial charge on any atom is -0.399 e. The highest BCUT2D eigenvalue weighted by Gasteiger charge is 2.51. The van der Waals surface area contributed by atoms with Crippen LogP contribution in [-0.4, -0.2) is 70.7 Å². The molecule has 3 aliphatic heterocycles. The summed E-state index contributed by atoms with van der Waals surface area (Å²) in [4.78, 5) is 9.56. The summed E-state index contributed by atoms with van der Waals surface area (Å²) in [5, 5.41) is 17.8. The Hall–Kier alpha value is -3.75. The molecular formula is C41H49BBrIN6O2. The van der Waals surface area contributed by atoms with Crippen LogP contribution < -0.4 is 25.1 Å². The number of halogens is 2. The third kappa shape index (κ3) is 9.62. The number of anilines is 4. The van der Waals surface area contributed by atoms with Gasteiger partial charge in [-0.05, 0) is 118 Å². The normalized spacial score (nSPS) is 17.5. The predicted octanol–water partition coefficient (Wildman–Crippen LogP) is 8.09. The van der Waals surface area contributed by atoms with E-state index in [0.717, 1.165) is 62.3 Å². The van der Waals surface area contributed by atoms with Crippen molar-refractivity contribution in [3.8, 4) is 12.1 Å². The number of hydrogen-bond donors (Lipinski definition) is 0. The summed E-state index contributed by atoms with van der Waals surface area (Å²) in [6, 6.07) is 37.1. The van der Waals surface area contributed by atoms with E-state index < -0.39 is 0 Å². The first-order valence-electron chi connectivity index (χ1n) is 17.3. The van der Waals surface area contributed by atoms with Crippen LogP contribution in [0.25, 0.3) is 0 Å². The second-order valence-electron chi connectivity index (χ2n) is 13.9. The Morgan fingerprint density at radius 3 is 1.08 bits per heavy atom. The van der Waals surface area contributed by atoms with Crippen molar-refractivity contribution in [3.05, 3.63) is 113 Å². The zero-order valence-corrected chi connectivity index (χ0v) is 33.7. The lowest BCUT2D eigenvalue weighted by Gasteiger charge is -2.37. The van der Waals surface area contributed by atoms with Gasteiger partial charge >= 0.3 is 7.12 Å². The minimum absolute atomic E-state index is 0. The lowest BCUT2D eigenvalue weighted by atomic mass is 9.79. The molecule has 4 aromatic rings. The summed E-state index contributed by atoms with van der Waals surface area (Å²) in [6.45, 7) is 16.2. The number of hydrogen-bond acceptors (Lipinski definition) is 8. The van der Waals surface area contributed by atoms with Crippen molar-refractivity contribution in [3.63, 3.8) is 0 Å². The van der Waals surface area contributed by atoms with E-state index in [1.165, 1.54) is 22.7 Å². The molecule has 8 nitrogen and oxygen atoms in total. The van der Waals surface area contributed by atoms with Crippen molar-refractivity contribution in [2.24, 2.45) is 0 Å². The third-order valence-corrected chi connectivity index (χ3v) is 10.8.